The van der Waals surface area contributed by atoms with E-state index >= 15 is 0 Å². The monoisotopic (exact) mass is 235 g/mol. The van der Waals surface area contributed by atoms with Gasteiger partial charge >= 0.3 is 0 Å². The predicted octanol–water partition coefficient (Wildman–Crippen LogP) is 2.05. The molecule has 4 nitrogen and oxygen atoms in total. The lowest BCUT2D eigenvalue weighted by Gasteiger charge is -2.04. The third-order valence-corrected chi connectivity index (χ3v) is 2.20. The number of furan rings is 1. The number of rotatable bonds is 3. The van der Waals surface area contributed by atoms with Crippen molar-refractivity contribution in [3.05, 3.63) is 53.7 Å². The molecule has 0 aliphatic rings. The molecule has 2 N–H and O–H groups in total. The molecule has 1 aromatic heterocycles. The van der Waals surface area contributed by atoms with Gasteiger partial charge in [-0.15, -0.1) is 0 Å². The van der Waals surface area contributed by atoms with Crippen LogP contribution in [0, 0.1) is 5.82 Å². The first-order valence-electron chi connectivity index (χ1n) is 4.96. The Labute approximate surface area is 96.7 Å². The van der Waals surface area contributed by atoms with Crippen LogP contribution in [0.15, 0.2) is 41.0 Å². The number of nitrogens with one attached hydrogen (secondary N) is 1. The van der Waals surface area contributed by atoms with E-state index in [4.69, 9.17) is 9.52 Å². The van der Waals surface area contributed by atoms with Crippen LogP contribution in [0.5, 0.6) is 5.75 Å². The van der Waals surface area contributed by atoms with E-state index in [2.05, 4.69) is 5.32 Å². The van der Waals surface area contributed by atoms with Crippen molar-refractivity contribution >= 4 is 5.91 Å². The van der Waals surface area contributed by atoms with Crippen molar-refractivity contribution in [2.45, 2.75) is 6.54 Å². The second-order valence-electron chi connectivity index (χ2n) is 3.43. The van der Waals surface area contributed by atoms with Crippen LogP contribution in [0.1, 0.15) is 16.1 Å². The van der Waals surface area contributed by atoms with Gasteiger partial charge in [0.05, 0.1) is 18.4 Å². The van der Waals surface area contributed by atoms with Gasteiger partial charge in [0, 0.05) is 6.07 Å². The Bertz CT molecular complexity index is 523. The number of halogens is 1. The van der Waals surface area contributed by atoms with E-state index in [1.807, 2.05) is 0 Å². The van der Waals surface area contributed by atoms with Gasteiger partial charge in [0.2, 0.25) is 0 Å². The molecule has 1 aromatic carbocycles. The topological polar surface area (TPSA) is 62.5 Å². The maximum atomic E-state index is 13.3. The fourth-order valence-electron chi connectivity index (χ4n) is 1.36. The summed E-state index contributed by atoms with van der Waals surface area (Å²) < 4.78 is 18.3. The van der Waals surface area contributed by atoms with E-state index < -0.39 is 11.7 Å². The van der Waals surface area contributed by atoms with Gasteiger partial charge in [-0.05, 0) is 24.3 Å². The number of carbonyl (C=O) groups excluding carboxylic acids is 1. The summed E-state index contributed by atoms with van der Waals surface area (Å²) in [4.78, 5) is 11.6. The molecule has 17 heavy (non-hydrogen) atoms. The normalized spacial score (nSPS) is 10.2. The van der Waals surface area contributed by atoms with Crippen LogP contribution in [0.2, 0.25) is 0 Å². The van der Waals surface area contributed by atoms with Crippen molar-refractivity contribution < 1.29 is 18.7 Å². The molecule has 0 unspecified atom stereocenters. The summed E-state index contributed by atoms with van der Waals surface area (Å²) in [5, 5.41) is 11.5. The number of phenolic OH excluding ortho intramolecular Hbond substituents is 1. The average molecular weight is 235 g/mol. The van der Waals surface area contributed by atoms with Gasteiger partial charge in [0.1, 0.15) is 17.3 Å². The molecule has 2 rings (SSSR count). The lowest BCUT2D eigenvalue weighted by Crippen LogP contribution is -2.23. The molecule has 0 atom stereocenters. The van der Waals surface area contributed by atoms with Crippen molar-refractivity contribution in [3.63, 3.8) is 0 Å². The zero-order chi connectivity index (χ0) is 12.3. The first-order valence-corrected chi connectivity index (χ1v) is 4.96. The molecule has 0 saturated heterocycles. The fraction of sp³-hybridized carbons (Fsp3) is 0.0833. The quantitative estimate of drug-likeness (QED) is 0.855. The first kappa shape index (κ1) is 11.2. The second kappa shape index (κ2) is 4.69. The van der Waals surface area contributed by atoms with Crippen LogP contribution in [0.25, 0.3) is 0 Å². The zero-order valence-electron chi connectivity index (χ0n) is 8.81. The molecule has 0 radical (unpaired) electrons. The number of aromatic hydroxyl groups is 1. The van der Waals surface area contributed by atoms with Crippen molar-refractivity contribution in [3.8, 4) is 5.75 Å². The minimum Gasteiger partial charge on any atom is -0.508 e. The van der Waals surface area contributed by atoms with Gasteiger partial charge < -0.3 is 14.8 Å². The summed E-state index contributed by atoms with van der Waals surface area (Å²) in [6.45, 7) is 0.187. The number of carbonyl (C=O) groups is 1. The number of amides is 1. The van der Waals surface area contributed by atoms with Crippen LogP contribution in [0.3, 0.4) is 0 Å². The van der Waals surface area contributed by atoms with Gasteiger partial charge in [-0.2, -0.15) is 0 Å². The molecule has 1 heterocycles. The summed E-state index contributed by atoms with van der Waals surface area (Å²) >= 11 is 0. The summed E-state index contributed by atoms with van der Waals surface area (Å²) in [6.07, 6.45) is 1.49. The molecule has 5 heteroatoms. The van der Waals surface area contributed by atoms with E-state index in [0.29, 0.717) is 5.76 Å². The Morgan fingerprint density at radius 2 is 2.24 bits per heavy atom. The Morgan fingerprint density at radius 1 is 1.41 bits per heavy atom. The number of phenols is 1. The van der Waals surface area contributed by atoms with Crippen LogP contribution in [0.4, 0.5) is 4.39 Å². The number of hydrogen-bond acceptors (Lipinski definition) is 3. The molecular formula is C12H10FNO3. The third-order valence-electron chi connectivity index (χ3n) is 2.20. The van der Waals surface area contributed by atoms with E-state index in [1.54, 1.807) is 12.1 Å². The highest BCUT2D eigenvalue weighted by molar-refractivity contribution is 5.94. The highest BCUT2D eigenvalue weighted by Crippen LogP contribution is 2.15. The molecule has 0 aliphatic heterocycles. The number of benzene rings is 1. The molecule has 0 saturated carbocycles. The van der Waals surface area contributed by atoms with E-state index in [-0.39, 0.29) is 17.9 Å². The van der Waals surface area contributed by atoms with Crippen molar-refractivity contribution in [2.75, 3.05) is 0 Å². The molecule has 88 valence electrons. The summed E-state index contributed by atoms with van der Waals surface area (Å²) in [6, 6.07) is 6.77. The van der Waals surface area contributed by atoms with Crippen LogP contribution in [-0.4, -0.2) is 11.0 Å². The number of hydrogen-bond donors (Lipinski definition) is 2. The molecule has 0 bridgehead atoms. The highest BCUT2D eigenvalue weighted by Gasteiger charge is 2.12. The Balaban J connectivity index is 2.04. The van der Waals surface area contributed by atoms with Crippen LogP contribution in [-0.2, 0) is 6.54 Å². The summed E-state index contributed by atoms with van der Waals surface area (Å²) in [7, 11) is 0. The minimum absolute atomic E-state index is 0.116. The lowest BCUT2D eigenvalue weighted by molar-refractivity contribution is 0.0944. The van der Waals surface area contributed by atoms with Crippen molar-refractivity contribution in [2.24, 2.45) is 0 Å². The predicted molar refractivity (Wildman–Crippen MR) is 57.9 cm³/mol. The van der Waals surface area contributed by atoms with E-state index in [9.17, 15) is 9.18 Å². The molecule has 0 spiro atoms. The summed E-state index contributed by atoms with van der Waals surface area (Å²) in [5.41, 5.74) is -0.116. The third kappa shape index (κ3) is 2.63. The fourth-order valence-corrected chi connectivity index (χ4v) is 1.36. The zero-order valence-corrected chi connectivity index (χ0v) is 8.81. The molecule has 2 aromatic rings. The smallest absolute Gasteiger partial charge is 0.254 e. The lowest BCUT2D eigenvalue weighted by atomic mass is 10.2. The highest BCUT2D eigenvalue weighted by atomic mass is 19.1. The maximum absolute atomic E-state index is 13.3. The van der Waals surface area contributed by atoms with E-state index in [0.717, 1.165) is 6.07 Å². The van der Waals surface area contributed by atoms with E-state index in [1.165, 1.54) is 18.4 Å². The van der Waals surface area contributed by atoms with Gasteiger partial charge in [0.25, 0.3) is 5.91 Å². The van der Waals surface area contributed by atoms with Gasteiger partial charge in [-0.3, -0.25) is 4.79 Å². The van der Waals surface area contributed by atoms with Gasteiger partial charge in [-0.1, -0.05) is 0 Å². The Hall–Kier alpha value is -2.30. The Kier molecular flexibility index (Phi) is 3.09. The van der Waals surface area contributed by atoms with Crippen molar-refractivity contribution in [1.29, 1.82) is 0 Å². The minimum atomic E-state index is -0.762. The van der Waals surface area contributed by atoms with Gasteiger partial charge in [0.15, 0.2) is 0 Å². The molecule has 1 amide bonds. The van der Waals surface area contributed by atoms with Gasteiger partial charge in [-0.25, -0.2) is 4.39 Å². The molecule has 0 aliphatic carbocycles. The van der Waals surface area contributed by atoms with Crippen LogP contribution >= 0.6 is 0 Å². The second-order valence-corrected chi connectivity index (χ2v) is 3.43. The SMILES string of the molecule is O=C(NCc1ccco1)c1ccc(O)cc1F. The first-order chi connectivity index (χ1) is 8.16. The largest absolute Gasteiger partial charge is 0.508 e. The van der Waals surface area contributed by atoms with Crippen LogP contribution < -0.4 is 5.32 Å². The summed E-state index contributed by atoms with van der Waals surface area (Å²) in [5.74, 6) is -0.955. The average Bonchev–Trinajstić information content (AvgIpc) is 2.78. The molecule has 0 fully saturated rings. The Morgan fingerprint density at radius 3 is 2.88 bits per heavy atom. The molecular weight excluding hydrogens is 225 g/mol. The standard InChI is InChI=1S/C12H10FNO3/c13-11-6-8(15)3-4-10(11)12(16)14-7-9-2-1-5-17-9/h1-6,15H,7H2,(H,14,16). The maximum Gasteiger partial charge on any atom is 0.254 e. The van der Waals surface area contributed by atoms with Crippen molar-refractivity contribution in [1.82, 2.24) is 5.32 Å².